The minimum absolute atomic E-state index is 0.301. The maximum atomic E-state index is 10.8. The van der Waals surface area contributed by atoms with Crippen molar-refractivity contribution in [1.82, 2.24) is 0 Å². The summed E-state index contributed by atoms with van der Waals surface area (Å²) in [5.41, 5.74) is 0.680. The molecule has 3 unspecified atom stereocenters. The van der Waals surface area contributed by atoms with E-state index < -0.39 is 5.60 Å². The van der Waals surface area contributed by atoms with E-state index in [2.05, 4.69) is 13.0 Å². The van der Waals surface area contributed by atoms with Crippen molar-refractivity contribution >= 4 is 0 Å². The SMILES string of the molecule is CC1CCCC(C(C)(O)c2cccc(C#N)c2)C1. The average molecular weight is 243 g/mol. The normalized spacial score (nSPS) is 27.2. The van der Waals surface area contributed by atoms with Crippen LogP contribution < -0.4 is 0 Å². The minimum atomic E-state index is -0.818. The summed E-state index contributed by atoms with van der Waals surface area (Å²) < 4.78 is 0. The van der Waals surface area contributed by atoms with Crippen LogP contribution in [0.1, 0.15) is 50.7 Å². The standard InChI is InChI=1S/C16H21NO/c1-12-5-3-7-14(9-12)16(2,18)15-8-4-6-13(10-15)11-17/h4,6,8,10,12,14,18H,3,5,7,9H2,1-2H3. The number of hydrogen-bond donors (Lipinski definition) is 1. The molecule has 0 amide bonds. The lowest BCUT2D eigenvalue weighted by Gasteiger charge is -2.38. The first-order chi connectivity index (χ1) is 8.54. The fourth-order valence-electron chi connectivity index (χ4n) is 3.08. The molecule has 1 aromatic rings. The fraction of sp³-hybridized carbons (Fsp3) is 0.562. The first-order valence-electron chi connectivity index (χ1n) is 6.77. The average Bonchev–Trinajstić information content (AvgIpc) is 2.39. The summed E-state index contributed by atoms with van der Waals surface area (Å²) in [5, 5.41) is 19.8. The lowest BCUT2D eigenvalue weighted by atomic mass is 9.71. The van der Waals surface area contributed by atoms with Crippen LogP contribution in [0.4, 0.5) is 0 Å². The Morgan fingerprint density at radius 1 is 1.39 bits per heavy atom. The van der Waals surface area contributed by atoms with Gasteiger partial charge in [0.15, 0.2) is 0 Å². The first-order valence-corrected chi connectivity index (χ1v) is 6.77. The Morgan fingerprint density at radius 3 is 2.83 bits per heavy atom. The van der Waals surface area contributed by atoms with Crippen LogP contribution in [-0.2, 0) is 5.60 Å². The Hall–Kier alpha value is -1.33. The molecular weight excluding hydrogens is 222 g/mol. The molecule has 1 saturated carbocycles. The Labute approximate surface area is 109 Å². The quantitative estimate of drug-likeness (QED) is 0.862. The largest absolute Gasteiger partial charge is 0.385 e. The lowest BCUT2D eigenvalue weighted by Crippen LogP contribution is -2.35. The van der Waals surface area contributed by atoms with Crippen LogP contribution in [-0.4, -0.2) is 5.11 Å². The van der Waals surface area contributed by atoms with E-state index in [9.17, 15) is 5.11 Å². The predicted octanol–water partition coefficient (Wildman–Crippen LogP) is 3.59. The molecule has 0 aliphatic heterocycles. The molecule has 0 spiro atoms. The maximum Gasteiger partial charge on any atom is 0.0991 e. The topological polar surface area (TPSA) is 44.0 Å². The summed E-state index contributed by atoms with van der Waals surface area (Å²) in [6, 6.07) is 9.53. The zero-order valence-corrected chi connectivity index (χ0v) is 11.2. The number of hydrogen-bond acceptors (Lipinski definition) is 2. The van der Waals surface area contributed by atoms with Crippen molar-refractivity contribution in [2.24, 2.45) is 11.8 Å². The second-order valence-electron chi connectivity index (χ2n) is 5.81. The van der Waals surface area contributed by atoms with E-state index in [-0.39, 0.29) is 0 Å². The monoisotopic (exact) mass is 243 g/mol. The third-order valence-electron chi connectivity index (χ3n) is 4.31. The lowest BCUT2D eigenvalue weighted by molar-refractivity contribution is -0.0294. The van der Waals surface area contributed by atoms with E-state index in [0.29, 0.717) is 17.4 Å². The minimum Gasteiger partial charge on any atom is -0.385 e. The molecule has 2 nitrogen and oxygen atoms in total. The third kappa shape index (κ3) is 2.57. The van der Waals surface area contributed by atoms with Crippen LogP contribution in [0.5, 0.6) is 0 Å². The second-order valence-corrected chi connectivity index (χ2v) is 5.81. The van der Waals surface area contributed by atoms with Gasteiger partial charge in [-0.25, -0.2) is 0 Å². The Kier molecular flexibility index (Phi) is 3.73. The first kappa shape index (κ1) is 13.1. The Balaban J connectivity index is 2.26. The number of aliphatic hydroxyl groups is 1. The number of nitriles is 1. The third-order valence-corrected chi connectivity index (χ3v) is 4.31. The van der Waals surface area contributed by atoms with Crippen LogP contribution in [0, 0.1) is 23.2 Å². The summed E-state index contributed by atoms with van der Waals surface area (Å²) in [4.78, 5) is 0. The van der Waals surface area contributed by atoms with E-state index in [1.807, 2.05) is 25.1 Å². The van der Waals surface area contributed by atoms with E-state index in [0.717, 1.165) is 18.4 Å². The molecule has 18 heavy (non-hydrogen) atoms. The van der Waals surface area contributed by atoms with Gasteiger partial charge in [-0.1, -0.05) is 31.9 Å². The molecule has 1 aliphatic rings. The summed E-state index contributed by atoms with van der Waals surface area (Å²) in [7, 11) is 0. The molecule has 1 N–H and O–H groups in total. The van der Waals surface area contributed by atoms with Crippen LogP contribution in [0.2, 0.25) is 0 Å². The van der Waals surface area contributed by atoms with Crippen molar-refractivity contribution in [1.29, 1.82) is 5.26 Å². The van der Waals surface area contributed by atoms with Crippen molar-refractivity contribution < 1.29 is 5.11 Å². The molecule has 1 aliphatic carbocycles. The van der Waals surface area contributed by atoms with Gasteiger partial charge in [0.2, 0.25) is 0 Å². The van der Waals surface area contributed by atoms with Crippen molar-refractivity contribution in [3.05, 3.63) is 35.4 Å². The summed E-state index contributed by atoms with van der Waals surface area (Å²) >= 11 is 0. The van der Waals surface area contributed by atoms with Gasteiger partial charge in [-0.3, -0.25) is 0 Å². The van der Waals surface area contributed by atoms with E-state index in [4.69, 9.17) is 5.26 Å². The molecule has 2 heteroatoms. The zero-order chi connectivity index (χ0) is 13.2. The molecule has 0 saturated heterocycles. The predicted molar refractivity (Wildman–Crippen MR) is 71.8 cm³/mol. The highest BCUT2D eigenvalue weighted by atomic mass is 16.3. The highest BCUT2D eigenvalue weighted by Crippen LogP contribution is 2.41. The molecular formula is C16H21NO. The van der Waals surface area contributed by atoms with Crippen LogP contribution in [0.3, 0.4) is 0 Å². The maximum absolute atomic E-state index is 10.8. The van der Waals surface area contributed by atoms with Gasteiger partial charge in [0.25, 0.3) is 0 Å². The van der Waals surface area contributed by atoms with Crippen LogP contribution >= 0.6 is 0 Å². The van der Waals surface area contributed by atoms with Crippen LogP contribution in [0.25, 0.3) is 0 Å². The van der Waals surface area contributed by atoms with E-state index in [1.54, 1.807) is 6.07 Å². The number of benzene rings is 1. The molecule has 96 valence electrons. The molecule has 2 rings (SSSR count). The smallest absolute Gasteiger partial charge is 0.0991 e. The van der Waals surface area contributed by atoms with E-state index in [1.165, 1.54) is 12.8 Å². The molecule has 1 aromatic carbocycles. The molecule has 3 atom stereocenters. The van der Waals surface area contributed by atoms with Crippen LogP contribution in [0.15, 0.2) is 24.3 Å². The number of nitrogens with zero attached hydrogens (tertiary/aromatic N) is 1. The molecule has 0 radical (unpaired) electrons. The van der Waals surface area contributed by atoms with Gasteiger partial charge in [0, 0.05) is 0 Å². The zero-order valence-electron chi connectivity index (χ0n) is 11.2. The van der Waals surface area contributed by atoms with Gasteiger partial charge in [0.05, 0.1) is 17.2 Å². The van der Waals surface area contributed by atoms with Gasteiger partial charge in [-0.2, -0.15) is 5.26 Å². The summed E-state index contributed by atoms with van der Waals surface area (Å²) in [6.07, 6.45) is 4.61. The molecule has 0 heterocycles. The van der Waals surface area contributed by atoms with E-state index >= 15 is 0 Å². The highest BCUT2D eigenvalue weighted by molar-refractivity contribution is 5.35. The Morgan fingerprint density at radius 2 is 2.17 bits per heavy atom. The van der Waals surface area contributed by atoms with Gasteiger partial charge >= 0.3 is 0 Å². The molecule has 1 fully saturated rings. The van der Waals surface area contributed by atoms with Gasteiger partial charge in [-0.15, -0.1) is 0 Å². The molecule has 0 aromatic heterocycles. The van der Waals surface area contributed by atoms with Gasteiger partial charge in [0.1, 0.15) is 0 Å². The van der Waals surface area contributed by atoms with Gasteiger partial charge < -0.3 is 5.11 Å². The van der Waals surface area contributed by atoms with Gasteiger partial charge in [-0.05, 0) is 49.3 Å². The van der Waals surface area contributed by atoms with Crippen molar-refractivity contribution in [2.45, 2.75) is 45.1 Å². The van der Waals surface area contributed by atoms with Crippen molar-refractivity contribution in [2.75, 3.05) is 0 Å². The number of rotatable bonds is 2. The second kappa shape index (κ2) is 5.12. The Bertz CT molecular complexity index is 458. The molecule has 0 bridgehead atoms. The summed E-state index contributed by atoms with van der Waals surface area (Å²) in [5.74, 6) is 0.990. The van der Waals surface area contributed by atoms with Crippen molar-refractivity contribution in [3.8, 4) is 6.07 Å². The highest BCUT2D eigenvalue weighted by Gasteiger charge is 2.36. The fourth-order valence-corrected chi connectivity index (χ4v) is 3.08. The summed E-state index contributed by atoms with van der Waals surface area (Å²) in [6.45, 7) is 4.15. The van der Waals surface area contributed by atoms with Crippen molar-refractivity contribution in [3.63, 3.8) is 0 Å².